The second-order valence-corrected chi connectivity index (χ2v) is 7.06. The molecule has 26 heavy (non-hydrogen) atoms. The molecule has 1 saturated heterocycles. The first kappa shape index (κ1) is 17.3. The summed E-state index contributed by atoms with van der Waals surface area (Å²) < 4.78 is 20.2. The third-order valence-corrected chi connectivity index (χ3v) is 5.18. The average Bonchev–Trinajstić information content (AvgIpc) is 3.51. The molecule has 3 aromatic carbocycles. The van der Waals surface area contributed by atoms with Gasteiger partial charge in [-0.1, -0.05) is 85.6 Å². The van der Waals surface area contributed by atoms with Gasteiger partial charge in [0.05, 0.1) is 11.6 Å². The molecular formula is C23H20ClFO. The van der Waals surface area contributed by atoms with Crippen LogP contribution in [0.3, 0.4) is 0 Å². The highest BCUT2D eigenvalue weighted by Gasteiger charge is 2.24. The van der Waals surface area contributed by atoms with Crippen molar-refractivity contribution < 1.29 is 9.13 Å². The van der Waals surface area contributed by atoms with Crippen molar-refractivity contribution in [2.24, 2.45) is 0 Å². The van der Waals surface area contributed by atoms with Gasteiger partial charge in [0.15, 0.2) is 0 Å². The molecule has 3 heteroatoms. The molecule has 1 aliphatic heterocycles. The predicted molar refractivity (Wildman–Crippen MR) is 105 cm³/mol. The van der Waals surface area contributed by atoms with E-state index in [1.54, 1.807) is 0 Å². The zero-order valence-electron chi connectivity index (χ0n) is 14.6. The Hall–Kier alpha value is -2.16. The van der Waals surface area contributed by atoms with Crippen molar-refractivity contribution in [2.75, 3.05) is 6.61 Å². The lowest BCUT2D eigenvalue weighted by atomic mass is 9.97. The van der Waals surface area contributed by atoms with E-state index in [2.05, 4.69) is 19.1 Å². The Kier molecular flexibility index (Phi) is 4.80. The molecule has 1 heterocycles. The lowest BCUT2D eigenvalue weighted by Gasteiger charge is -2.11. The van der Waals surface area contributed by atoms with Crippen LogP contribution in [0.2, 0.25) is 5.02 Å². The van der Waals surface area contributed by atoms with E-state index in [0.717, 1.165) is 36.1 Å². The molecule has 0 N–H and O–H groups in total. The van der Waals surface area contributed by atoms with Crippen molar-refractivity contribution in [2.45, 2.75) is 25.9 Å². The SMILES string of the molecule is CCCc1ccc(-c2ccc(-c3ccc(C4CO4)cc3)c(Cl)c2F)cc1. The first-order valence-corrected chi connectivity index (χ1v) is 9.34. The van der Waals surface area contributed by atoms with Gasteiger partial charge in [0, 0.05) is 11.1 Å². The van der Waals surface area contributed by atoms with E-state index in [9.17, 15) is 4.39 Å². The van der Waals surface area contributed by atoms with Gasteiger partial charge in [0.1, 0.15) is 11.9 Å². The average molecular weight is 367 g/mol. The van der Waals surface area contributed by atoms with Crippen molar-refractivity contribution in [3.63, 3.8) is 0 Å². The second-order valence-electron chi connectivity index (χ2n) is 6.68. The summed E-state index contributed by atoms with van der Waals surface area (Å²) in [6, 6.07) is 19.7. The highest BCUT2D eigenvalue weighted by atomic mass is 35.5. The van der Waals surface area contributed by atoms with Gasteiger partial charge >= 0.3 is 0 Å². The van der Waals surface area contributed by atoms with E-state index in [-0.39, 0.29) is 16.9 Å². The molecule has 0 spiro atoms. The van der Waals surface area contributed by atoms with Crippen molar-refractivity contribution in [1.82, 2.24) is 0 Å². The Morgan fingerprint density at radius 2 is 1.50 bits per heavy atom. The molecule has 0 aliphatic carbocycles. The molecule has 1 aliphatic rings. The number of benzene rings is 3. The molecule has 0 radical (unpaired) electrons. The zero-order valence-corrected chi connectivity index (χ0v) is 15.4. The topological polar surface area (TPSA) is 12.5 Å². The molecule has 1 atom stereocenters. The van der Waals surface area contributed by atoms with Gasteiger partial charge in [-0.3, -0.25) is 0 Å². The van der Waals surface area contributed by atoms with Crippen LogP contribution in [0.1, 0.15) is 30.6 Å². The molecule has 1 nitrogen and oxygen atoms in total. The summed E-state index contributed by atoms with van der Waals surface area (Å²) in [4.78, 5) is 0. The Morgan fingerprint density at radius 3 is 2.12 bits per heavy atom. The van der Waals surface area contributed by atoms with Crippen LogP contribution in [0.15, 0.2) is 60.7 Å². The van der Waals surface area contributed by atoms with Gasteiger partial charge < -0.3 is 4.74 Å². The maximum Gasteiger partial charge on any atom is 0.150 e. The summed E-state index contributed by atoms with van der Waals surface area (Å²) in [5.74, 6) is -0.373. The van der Waals surface area contributed by atoms with Crippen molar-refractivity contribution >= 4 is 11.6 Å². The summed E-state index contributed by atoms with van der Waals surface area (Å²) >= 11 is 6.38. The number of hydrogen-bond donors (Lipinski definition) is 0. The highest BCUT2D eigenvalue weighted by molar-refractivity contribution is 6.33. The fraction of sp³-hybridized carbons (Fsp3) is 0.217. The van der Waals surface area contributed by atoms with Crippen LogP contribution in [0.5, 0.6) is 0 Å². The van der Waals surface area contributed by atoms with E-state index >= 15 is 0 Å². The molecule has 0 aromatic heterocycles. The Bertz CT molecular complexity index is 912. The van der Waals surface area contributed by atoms with Gasteiger partial charge in [-0.25, -0.2) is 4.39 Å². The van der Waals surface area contributed by atoms with Crippen LogP contribution in [0.25, 0.3) is 22.3 Å². The number of rotatable bonds is 5. The van der Waals surface area contributed by atoms with E-state index < -0.39 is 0 Å². The fourth-order valence-electron chi connectivity index (χ4n) is 3.25. The lowest BCUT2D eigenvalue weighted by molar-refractivity contribution is 0.415. The van der Waals surface area contributed by atoms with Crippen molar-refractivity contribution in [3.8, 4) is 22.3 Å². The Labute approximate surface area is 158 Å². The first-order valence-electron chi connectivity index (χ1n) is 8.96. The summed E-state index contributed by atoms with van der Waals surface area (Å²) in [6.07, 6.45) is 2.35. The van der Waals surface area contributed by atoms with E-state index in [0.29, 0.717) is 11.1 Å². The van der Waals surface area contributed by atoms with Gasteiger partial charge in [-0.05, 0) is 28.7 Å². The number of epoxide rings is 1. The highest BCUT2D eigenvalue weighted by Crippen LogP contribution is 2.37. The molecule has 1 unspecified atom stereocenters. The molecule has 3 aromatic rings. The standard InChI is InChI=1S/C23H20ClFO/c1-2-3-15-4-6-17(7-5-15)20-13-12-19(22(24)23(20)25)16-8-10-18(11-9-16)21-14-26-21/h4-13,21H,2-3,14H2,1H3. The number of hydrogen-bond acceptors (Lipinski definition) is 1. The smallest absolute Gasteiger partial charge is 0.150 e. The fourth-order valence-corrected chi connectivity index (χ4v) is 3.53. The third-order valence-electron chi connectivity index (χ3n) is 4.81. The van der Waals surface area contributed by atoms with E-state index in [4.69, 9.17) is 16.3 Å². The molecule has 1 fully saturated rings. The maximum absolute atomic E-state index is 14.9. The Balaban J connectivity index is 1.65. The third kappa shape index (κ3) is 3.40. The van der Waals surface area contributed by atoms with Crippen molar-refractivity contribution in [3.05, 3.63) is 82.6 Å². The minimum atomic E-state index is -0.373. The number of aryl methyl sites for hydroxylation is 1. The summed E-state index contributed by atoms with van der Waals surface area (Å²) in [7, 11) is 0. The molecule has 4 rings (SSSR count). The first-order chi connectivity index (χ1) is 12.7. The van der Waals surface area contributed by atoms with Crippen molar-refractivity contribution in [1.29, 1.82) is 0 Å². The van der Waals surface area contributed by atoms with Crippen LogP contribution in [-0.4, -0.2) is 6.61 Å². The number of ether oxygens (including phenoxy) is 1. The quantitative estimate of drug-likeness (QED) is 0.450. The summed E-state index contributed by atoms with van der Waals surface area (Å²) in [5.41, 5.74) is 5.40. The summed E-state index contributed by atoms with van der Waals surface area (Å²) in [5, 5.41) is 0.163. The molecule has 0 amide bonds. The van der Waals surface area contributed by atoms with Gasteiger partial charge in [-0.2, -0.15) is 0 Å². The van der Waals surface area contributed by atoms with Crippen LogP contribution < -0.4 is 0 Å². The van der Waals surface area contributed by atoms with Gasteiger partial charge in [-0.15, -0.1) is 0 Å². The molecule has 0 bridgehead atoms. The maximum atomic E-state index is 14.9. The largest absolute Gasteiger partial charge is 0.368 e. The van der Waals surface area contributed by atoms with E-state index in [1.165, 1.54) is 5.56 Å². The predicted octanol–water partition coefficient (Wildman–Crippen LogP) is 6.84. The van der Waals surface area contributed by atoms with E-state index in [1.807, 2.05) is 48.5 Å². The minimum absolute atomic E-state index is 0.163. The lowest BCUT2D eigenvalue weighted by Crippen LogP contribution is -1.91. The van der Waals surface area contributed by atoms with Gasteiger partial charge in [0.25, 0.3) is 0 Å². The van der Waals surface area contributed by atoms with Crippen LogP contribution in [-0.2, 0) is 11.2 Å². The summed E-state index contributed by atoms with van der Waals surface area (Å²) in [6.45, 7) is 2.93. The second kappa shape index (κ2) is 7.22. The molecular weight excluding hydrogens is 347 g/mol. The molecule has 0 saturated carbocycles. The Morgan fingerprint density at radius 1 is 0.923 bits per heavy atom. The number of halogens is 2. The monoisotopic (exact) mass is 366 g/mol. The van der Waals surface area contributed by atoms with Crippen LogP contribution in [0, 0.1) is 5.82 Å². The molecule has 132 valence electrons. The zero-order chi connectivity index (χ0) is 18.1. The minimum Gasteiger partial charge on any atom is -0.368 e. The normalized spacial score (nSPS) is 15.9. The van der Waals surface area contributed by atoms with Crippen LogP contribution in [0.4, 0.5) is 4.39 Å². The van der Waals surface area contributed by atoms with Crippen LogP contribution >= 0.6 is 11.6 Å². The van der Waals surface area contributed by atoms with Gasteiger partial charge in [0.2, 0.25) is 0 Å².